The Kier molecular flexibility index (Phi) is 13.9. The van der Waals surface area contributed by atoms with Crippen LogP contribution in [0.1, 0.15) is 20.3 Å². The van der Waals surface area contributed by atoms with Gasteiger partial charge in [0.2, 0.25) is 6.58 Å². The summed E-state index contributed by atoms with van der Waals surface area (Å²) in [7, 11) is 0. The van der Waals surface area contributed by atoms with E-state index in [1.54, 1.807) is 18.2 Å². The zero-order valence-corrected chi connectivity index (χ0v) is 19.1. The third-order valence-corrected chi connectivity index (χ3v) is 4.57. The third kappa shape index (κ3) is 9.30. The molecule has 6 atom stereocenters. The van der Waals surface area contributed by atoms with Crippen molar-refractivity contribution in [1.29, 1.82) is 0 Å². The van der Waals surface area contributed by atoms with Crippen LogP contribution in [0.25, 0.3) is 0 Å². The molecular formula is C24H37O8+. The second-order valence-corrected chi connectivity index (χ2v) is 7.67. The molecule has 32 heavy (non-hydrogen) atoms. The standard InChI is InChI=1S/C24H36O8/c1-7-11-27-16-19-20(28-12-8-2)21(29-13-9-3)22(30-14-10-4)24(32-19)31-18(23(25)26)15-17(5)6/h2,7-10,17-22,24H,1,3-4,11-16H2,5-6H3/p+1/t18-,19+,20+,21-,22+,24+/m0/s1. The summed E-state index contributed by atoms with van der Waals surface area (Å²) in [6.45, 7) is 21.4. The number of aliphatic carboxylic acids is 1. The molecule has 1 saturated heterocycles. The molecular weight excluding hydrogens is 416 g/mol. The van der Waals surface area contributed by atoms with Crippen LogP contribution in [-0.4, -0.2) is 80.9 Å². The SMILES string of the molecule is [CH+]=CCO[C@H]1[C@H](OCC=C)[C@@H](OCC=C)[C@H](O[C@@H](CC(C)C)C(=O)O)O[C@@H]1COCC=C. The molecule has 8 heteroatoms. The van der Waals surface area contributed by atoms with Crippen LogP contribution in [0.3, 0.4) is 0 Å². The second kappa shape index (κ2) is 15.8. The molecule has 1 aliphatic heterocycles. The quantitative estimate of drug-likeness (QED) is 0.192. The zero-order chi connectivity index (χ0) is 23.9. The Balaban J connectivity index is 3.26. The van der Waals surface area contributed by atoms with Gasteiger partial charge in [-0.1, -0.05) is 32.1 Å². The first-order valence-electron chi connectivity index (χ1n) is 10.7. The summed E-state index contributed by atoms with van der Waals surface area (Å²) in [5.74, 6) is -0.980. The summed E-state index contributed by atoms with van der Waals surface area (Å²) in [6, 6.07) is 0. The molecule has 8 nitrogen and oxygen atoms in total. The molecule has 0 bridgehead atoms. The Hall–Kier alpha value is -1.90. The van der Waals surface area contributed by atoms with Gasteiger partial charge in [-0.3, -0.25) is 0 Å². The van der Waals surface area contributed by atoms with Crippen LogP contribution >= 0.6 is 0 Å². The maximum atomic E-state index is 11.8. The van der Waals surface area contributed by atoms with Crippen LogP contribution in [0.2, 0.25) is 0 Å². The van der Waals surface area contributed by atoms with Crippen molar-refractivity contribution in [2.75, 3.05) is 33.0 Å². The second-order valence-electron chi connectivity index (χ2n) is 7.67. The first-order valence-corrected chi connectivity index (χ1v) is 10.7. The van der Waals surface area contributed by atoms with E-state index in [9.17, 15) is 9.90 Å². The fourth-order valence-electron chi connectivity index (χ4n) is 3.29. The van der Waals surface area contributed by atoms with Crippen molar-refractivity contribution < 1.29 is 38.3 Å². The maximum absolute atomic E-state index is 11.8. The Morgan fingerprint density at radius 2 is 1.59 bits per heavy atom. The lowest BCUT2D eigenvalue weighted by molar-refractivity contribution is -0.327. The summed E-state index contributed by atoms with van der Waals surface area (Å²) in [4.78, 5) is 11.8. The maximum Gasteiger partial charge on any atom is 0.332 e. The smallest absolute Gasteiger partial charge is 0.332 e. The highest BCUT2D eigenvalue weighted by Gasteiger charge is 2.50. The van der Waals surface area contributed by atoms with Crippen molar-refractivity contribution in [3.8, 4) is 0 Å². The van der Waals surface area contributed by atoms with Crippen molar-refractivity contribution in [2.45, 2.75) is 57.1 Å². The number of carbonyl (C=O) groups is 1. The van der Waals surface area contributed by atoms with Crippen molar-refractivity contribution in [2.24, 2.45) is 5.92 Å². The molecule has 0 amide bonds. The van der Waals surface area contributed by atoms with Gasteiger partial charge in [0.15, 0.2) is 18.5 Å². The molecule has 1 heterocycles. The molecule has 0 saturated carbocycles. The van der Waals surface area contributed by atoms with Crippen LogP contribution in [0, 0.1) is 12.5 Å². The van der Waals surface area contributed by atoms with E-state index in [0.717, 1.165) is 0 Å². The van der Waals surface area contributed by atoms with Gasteiger partial charge in [0.05, 0.1) is 26.4 Å². The number of rotatable bonds is 18. The number of carboxylic acid groups (broad SMARTS) is 1. The average Bonchev–Trinajstić information content (AvgIpc) is 2.75. The van der Waals surface area contributed by atoms with Crippen LogP contribution in [0.15, 0.2) is 44.0 Å². The highest BCUT2D eigenvalue weighted by atomic mass is 16.7. The van der Waals surface area contributed by atoms with Crippen LogP contribution in [-0.2, 0) is 33.2 Å². The van der Waals surface area contributed by atoms with Crippen molar-refractivity contribution >= 4 is 5.97 Å². The Bertz CT molecular complexity index is 591. The molecule has 1 N–H and O–H groups in total. The van der Waals surface area contributed by atoms with Crippen LogP contribution in [0.4, 0.5) is 0 Å². The molecule has 1 fully saturated rings. The summed E-state index contributed by atoms with van der Waals surface area (Å²) in [5.41, 5.74) is 0. The van der Waals surface area contributed by atoms with Crippen LogP contribution < -0.4 is 0 Å². The molecule has 0 unspecified atom stereocenters. The van der Waals surface area contributed by atoms with E-state index in [1.807, 2.05) is 13.8 Å². The molecule has 0 aliphatic carbocycles. The predicted octanol–water partition coefficient (Wildman–Crippen LogP) is 2.95. The topological polar surface area (TPSA) is 92.7 Å². The average molecular weight is 454 g/mol. The first-order chi connectivity index (χ1) is 15.4. The lowest BCUT2D eigenvalue weighted by Crippen LogP contribution is -2.62. The van der Waals surface area contributed by atoms with Crippen LogP contribution in [0.5, 0.6) is 0 Å². The number of carboxylic acids is 1. The molecule has 0 aromatic heterocycles. The van der Waals surface area contributed by atoms with Gasteiger partial charge in [-0.05, 0) is 12.3 Å². The molecule has 0 spiro atoms. The van der Waals surface area contributed by atoms with E-state index < -0.39 is 42.8 Å². The summed E-state index contributed by atoms with van der Waals surface area (Å²) in [6.07, 6.45) is 1.64. The highest BCUT2D eigenvalue weighted by Crippen LogP contribution is 2.31. The van der Waals surface area contributed by atoms with E-state index in [-0.39, 0.29) is 32.3 Å². The summed E-state index contributed by atoms with van der Waals surface area (Å²) >= 11 is 0. The van der Waals surface area contributed by atoms with Gasteiger partial charge in [-0.15, -0.1) is 19.7 Å². The first kappa shape index (κ1) is 28.1. The minimum atomic E-state index is -1.08. The largest absolute Gasteiger partial charge is 0.479 e. The lowest BCUT2D eigenvalue weighted by atomic mass is 9.97. The highest BCUT2D eigenvalue weighted by molar-refractivity contribution is 5.72. The minimum absolute atomic E-state index is 0.0999. The molecule has 0 aromatic rings. The van der Waals surface area contributed by atoms with Gasteiger partial charge in [0.25, 0.3) is 0 Å². The summed E-state index contributed by atoms with van der Waals surface area (Å²) in [5, 5.41) is 9.67. The fourth-order valence-corrected chi connectivity index (χ4v) is 3.29. The molecule has 1 rings (SSSR count). The van der Waals surface area contributed by atoms with E-state index in [0.29, 0.717) is 13.0 Å². The van der Waals surface area contributed by atoms with Crippen molar-refractivity contribution in [3.63, 3.8) is 0 Å². The molecule has 0 aromatic carbocycles. The third-order valence-electron chi connectivity index (χ3n) is 4.57. The van der Waals surface area contributed by atoms with Gasteiger partial charge in [0.1, 0.15) is 31.0 Å². The Morgan fingerprint density at radius 3 is 2.12 bits per heavy atom. The minimum Gasteiger partial charge on any atom is -0.479 e. The molecule has 1 aliphatic rings. The molecule has 180 valence electrons. The van der Waals surface area contributed by atoms with E-state index in [4.69, 9.17) is 35.0 Å². The van der Waals surface area contributed by atoms with Crippen molar-refractivity contribution in [3.05, 3.63) is 50.6 Å². The van der Waals surface area contributed by atoms with E-state index in [2.05, 4.69) is 19.7 Å². The lowest BCUT2D eigenvalue weighted by Gasteiger charge is -2.46. The van der Waals surface area contributed by atoms with E-state index in [1.165, 1.54) is 6.08 Å². The van der Waals surface area contributed by atoms with Gasteiger partial charge < -0.3 is 33.5 Å². The van der Waals surface area contributed by atoms with Gasteiger partial charge in [-0.25, -0.2) is 4.79 Å². The summed E-state index contributed by atoms with van der Waals surface area (Å²) < 4.78 is 35.5. The van der Waals surface area contributed by atoms with Gasteiger partial charge in [0, 0.05) is 0 Å². The Labute approximate surface area is 191 Å². The van der Waals surface area contributed by atoms with Gasteiger partial charge in [-0.2, -0.15) is 0 Å². The molecule has 0 radical (unpaired) electrons. The zero-order valence-electron chi connectivity index (χ0n) is 19.1. The monoisotopic (exact) mass is 453 g/mol. The fraction of sp³-hybridized carbons (Fsp3) is 0.625. The van der Waals surface area contributed by atoms with Crippen molar-refractivity contribution in [1.82, 2.24) is 0 Å². The number of hydrogen-bond acceptors (Lipinski definition) is 7. The normalized spacial score (nSPS) is 26.4. The number of ether oxygens (including phenoxy) is 6. The number of hydrogen-bond donors (Lipinski definition) is 1. The Morgan fingerprint density at radius 1 is 1.00 bits per heavy atom. The predicted molar refractivity (Wildman–Crippen MR) is 120 cm³/mol. The van der Waals surface area contributed by atoms with Gasteiger partial charge >= 0.3 is 5.97 Å². The van der Waals surface area contributed by atoms with E-state index >= 15 is 0 Å².